The number of amides is 2. The van der Waals surface area contributed by atoms with Crippen LogP contribution in [0.2, 0.25) is 0 Å². The van der Waals surface area contributed by atoms with E-state index in [0.717, 1.165) is 16.7 Å². The summed E-state index contributed by atoms with van der Waals surface area (Å²) in [4.78, 5) is 36.2. The van der Waals surface area contributed by atoms with Crippen molar-refractivity contribution in [2.24, 2.45) is 0 Å². The van der Waals surface area contributed by atoms with Crippen molar-refractivity contribution >= 4 is 17.8 Å². The topological polar surface area (TPSA) is 107 Å². The smallest absolute Gasteiger partial charge is 0.335 e. The molecule has 7 nitrogen and oxygen atoms in total. The Morgan fingerprint density at radius 3 is 2.41 bits per heavy atom. The van der Waals surface area contributed by atoms with Crippen molar-refractivity contribution in [1.82, 2.24) is 10.2 Å². The third kappa shape index (κ3) is 3.82. The summed E-state index contributed by atoms with van der Waals surface area (Å²) in [5, 5.41) is 21.5. The fourth-order valence-electron chi connectivity index (χ4n) is 2.85. The number of aliphatic hydroxyl groups is 1. The second kappa shape index (κ2) is 7.33. The van der Waals surface area contributed by atoms with Gasteiger partial charge >= 0.3 is 5.97 Å². The van der Waals surface area contributed by atoms with Crippen molar-refractivity contribution < 1.29 is 24.6 Å². The number of hydrogen-bond donors (Lipinski definition) is 3. The molecule has 0 unspecified atom stereocenters. The zero-order chi connectivity index (χ0) is 19.6. The first kappa shape index (κ1) is 18.2. The van der Waals surface area contributed by atoms with Gasteiger partial charge in [0.25, 0.3) is 11.8 Å². The number of carbonyl (C=O) groups excluding carboxylic acids is 2. The first-order chi connectivity index (χ1) is 12.9. The number of benzene rings is 2. The molecule has 0 spiro atoms. The third-order valence-electron chi connectivity index (χ3n) is 4.33. The number of carboxylic acids is 1. The molecule has 0 saturated carbocycles. The number of aromatic carboxylic acids is 1. The van der Waals surface area contributed by atoms with E-state index in [2.05, 4.69) is 5.32 Å². The Kier molecular flexibility index (Phi) is 4.94. The highest BCUT2D eigenvalue weighted by atomic mass is 16.4. The van der Waals surface area contributed by atoms with E-state index in [0.29, 0.717) is 0 Å². The van der Waals surface area contributed by atoms with Crippen molar-refractivity contribution in [2.45, 2.75) is 6.54 Å². The summed E-state index contributed by atoms with van der Waals surface area (Å²) in [6.45, 7) is 0.276. The minimum Gasteiger partial charge on any atom is -0.503 e. The fraction of sp³-hybridized carbons (Fsp3) is 0.150. The van der Waals surface area contributed by atoms with E-state index < -0.39 is 23.5 Å². The summed E-state index contributed by atoms with van der Waals surface area (Å²) in [5.74, 6) is -2.58. The van der Waals surface area contributed by atoms with Gasteiger partial charge < -0.3 is 20.4 Å². The maximum absolute atomic E-state index is 12.2. The van der Waals surface area contributed by atoms with E-state index in [-0.39, 0.29) is 24.2 Å². The van der Waals surface area contributed by atoms with Crippen LogP contribution in [-0.2, 0) is 16.1 Å². The van der Waals surface area contributed by atoms with Crippen molar-refractivity contribution in [3.05, 3.63) is 71.0 Å². The quantitative estimate of drug-likeness (QED) is 0.750. The number of hydrogen-bond acceptors (Lipinski definition) is 4. The number of aliphatic hydroxyl groups excluding tert-OH is 1. The highest BCUT2D eigenvalue weighted by molar-refractivity contribution is 6.06. The number of rotatable bonds is 5. The monoisotopic (exact) mass is 366 g/mol. The molecule has 3 rings (SSSR count). The molecule has 1 heterocycles. The second-order valence-electron chi connectivity index (χ2n) is 6.26. The Balaban J connectivity index is 1.73. The van der Waals surface area contributed by atoms with Crippen molar-refractivity contribution in [1.29, 1.82) is 0 Å². The van der Waals surface area contributed by atoms with Crippen LogP contribution in [-0.4, -0.2) is 46.5 Å². The summed E-state index contributed by atoms with van der Waals surface area (Å²) >= 11 is 0. The van der Waals surface area contributed by atoms with Crippen LogP contribution in [0.4, 0.5) is 0 Å². The summed E-state index contributed by atoms with van der Waals surface area (Å²) in [5.41, 5.74) is 2.63. The Hall–Kier alpha value is -3.61. The Bertz CT molecular complexity index is 964. The van der Waals surface area contributed by atoms with Gasteiger partial charge in [0, 0.05) is 13.6 Å². The number of nitrogens with one attached hydrogen (secondary N) is 1. The molecule has 3 N–H and O–H groups in total. The average Bonchev–Trinajstić information content (AvgIpc) is 2.94. The predicted octanol–water partition coefficient (Wildman–Crippen LogP) is 1.95. The normalized spacial score (nSPS) is 13.8. The summed E-state index contributed by atoms with van der Waals surface area (Å²) in [7, 11) is 1.51. The molecule has 2 aromatic carbocycles. The predicted molar refractivity (Wildman–Crippen MR) is 98.0 cm³/mol. The minimum atomic E-state index is -0.996. The molecular weight excluding hydrogens is 348 g/mol. The Morgan fingerprint density at radius 1 is 1.11 bits per heavy atom. The highest BCUT2D eigenvalue weighted by Gasteiger charge is 2.31. The van der Waals surface area contributed by atoms with Crippen LogP contribution in [0, 0.1) is 0 Å². The van der Waals surface area contributed by atoms with Gasteiger partial charge in [-0.3, -0.25) is 9.59 Å². The van der Waals surface area contributed by atoms with E-state index in [1.807, 2.05) is 30.3 Å². The van der Waals surface area contributed by atoms with Gasteiger partial charge in [0.15, 0.2) is 5.76 Å². The van der Waals surface area contributed by atoms with E-state index in [9.17, 15) is 19.5 Å². The lowest BCUT2D eigenvalue weighted by atomic mass is 10.0. The first-order valence-electron chi connectivity index (χ1n) is 8.25. The highest BCUT2D eigenvalue weighted by Crippen LogP contribution is 2.22. The number of likely N-dealkylation sites (N-methyl/N-ethyl adjacent to an activating group) is 1. The molecule has 2 amide bonds. The lowest BCUT2D eigenvalue weighted by Gasteiger charge is -2.09. The van der Waals surface area contributed by atoms with Crippen molar-refractivity contribution in [3.8, 4) is 11.1 Å². The molecule has 0 saturated heterocycles. The van der Waals surface area contributed by atoms with Crippen LogP contribution < -0.4 is 5.32 Å². The maximum Gasteiger partial charge on any atom is 0.335 e. The molecule has 0 aromatic heterocycles. The lowest BCUT2D eigenvalue weighted by molar-refractivity contribution is -0.126. The van der Waals surface area contributed by atoms with Crippen LogP contribution in [0.25, 0.3) is 11.1 Å². The van der Waals surface area contributed by atoms with Gasteiger partial charge in [-0.1, -0.05) is 30.3 Å². The van der Waals surface area contributed by atoms with Gasteiger partial charge in [0.2, 0.25) is 0 Å². The van der Waals surface area contributed by atoms with Crippen LogP contribution >= 0.6 is 0 Å². The lowest BCUT2D eigenvalue weighted by Crippen LogP contribution is -2.27. The molecular formula is C20H18N2O5. The van der Waals surface area contributed by atoms with Gasteiger partial charge in [-0.15, -0.1) is 0 Å². The number of carboxylic acid groups (broad SMARTS) is 1. The third-order valence-corrected chi connectivity index (χ3v) is 4.33. The average molecular weight is 366 g/mol. The molecule has 7 heteroatoms. The van der Waals surface area contributed by atoms with Gasteiger partial charge in [0.05, 0.1) is 17.7 Å². The molecule has 1 aliphatic heterocycles. The van der Waals surface area contributed by atoms with Gasteiger partial charge in [-0.05, 0) is 34.9 Å². The van der Waals surface area contributed by atoms with E-state index in [4.69, 9.17) is 5.11 Å². The van der Waals surface area contributed by atoms with Crippen LogP contribution in [0.15, 0.2) is 59.9 Å². The number of carbonyl (C=O) groups is 3. The zero-order valence-corrected chi connectivity index (χ0v) is 14.6. The first-order valence-corrected chi connectivity index (χ1v) is 8.25. The largest absolute Gasteiger partial charge is 0.503 e. The summed E-state index contributed by atoms with van der Waals surface area (Å²) in [6, 6.07) is 13.9. The molecule has 27 heavy (non-hydrogen) atoms. The van der Waals surface area contributed by atoms with Gasteiger partial charge in [-0.2, -0.15) is 0 Å². The molecule has 0 atom stereocenters. The Labute approximate surface area is 155 Å². The number of nitrogens with zero attached hydrogens (tertiary/aromatic N) is 1. The van der Waals surface area contributed by atoms with E-state index in [1.54, 1.807) is 12.1 Å². The molecule has 2 aromatic rings. The molecule has 0 radical (unpaired) electrons. The standard InChI is InChI=1S/C20H18N2O5/c1-22-11-16(17(23)19(22)25)18(24)21-10-12-4-2-5-13(8-12)14-6-3-7-15(9-14)20(26)27/h2-9,23H,10-11H2,1H3,(H,21,24)(H,26,27). The van der Waals surface area contributed by atoms with E-state index >= 15 is 0 Å². The van der Waals surface area contributed by atoms with Gasteiger partial charge in [-0.25, -0.2) is 4.79 Å². The van der Waals surface area contributed by atoms with Crippen LogP contribution in [0.3, 0.4) is 0 Å². The SMILES string of the molecule is CN1CC(C(=O)NCc2cccc(-c3cccc(C(=O)O)c3)c2)=C(O)C1=O. The van der Waals surface area contributed by atoms with E-state index in [1.165, 1.54) is 18.0 Å². The van der Waals surface area contributed by atoms with Crippen molar-refractivity contribution in [3.63, 3.8) is 0 Å². The molecule has 1 aliphatic rings. The molecule has 0 fully saturated rings. The molecule has 0 aliphatic carbocycles. The van der Waals surface area contributed by atoms with Crippen LogP contribution in [0.1, 0.15) is 15.9 Å². The summed E-state index contributed by atoms with van der Waals surface area (Å²) in [6.07, 6.45) is 0. The second-order valence-corrected chi connectivity index (χ2v) is 6.26. The summed E-state index contributed by atoms with van der Waals surface area (Å²) < 4.78 is 0. The van der Waals surface area contributed by atoms with Crippen molar-refractivity contribution in [2.75, 3.05) is 13.6 Å². The minimum absolute atomic E-state index is 0.0489. The molecule has 0 bridgehead atoms. The Morgan fingerprint density at radius 2 is 1.78 bits per heavy atom. The van der Waals surface area contributed by atoms with Gasteiger partial charge in [0.1, 0.15) is 0 Å². The fourth-order valence-corrected chi connectivity index (χ4v) is 2.85. The maximum atomic E-state index is 12.2. The van der Waals surface area contributed by atoms with Crippen LogP contribution in [0.5, 0.6) is 0 Å². The molecule has 138 valence electrons. The zero-order valence-electron chi connectivity index (χ0n) is 14.6.